The molecule has 33 heavy (non-hydrogen) atoms. The molecule has 0 spiro atoms. The first kappa shape index (κ1) is 24.3. The number of hydrogen-bond acceptors (Lipinski definition) is 1. The van der Waals surface area contributed by atoms with Gasteiger partial charge in [0, 0.05) is 5.39 Å². The van der Waals surface area contributed by atoms with Crippen LogP contribution >= 0.6 is 0 Å². The number of unbranched alkanes of at least 4 members (excludes halogenated alkanes) is 4. The monoisotopic (exact) mass is 464 g/mol. The minimum Gasteiger partial charge on any atom is -0.432 e. The van der Waals surface area contributed by atoms with E-state index in [1.807, 2.05) is 6.07 Å². The fraction of sp³-hybridized carbons (Fsp3) is 0.643. The summed E-state index contributed by atoms with van der Waals surface area (Å²) in [5.74, 6) is 0.606. The van der Waals surface area contributed by atoms with Crippen molar-refractivity contribution in [3.63, 3.8) is 0 Å². The Morgan fingerprint density at radius 2 is 1.61 bits per heavy atom. The van der Waals surface area contributed by atoms with Crippen molar-refractivity contribution in [3.8, 4) is 5.75 Å². The summed E-state index contributed by atoms with van der Waals surface area (Å²) in [6.07, 6.45) is 15.3. The molecule has 0 aromatic heterocycles. The Labute approximate surface area is 194 Å². The van der Waals surface area contributed by atoms with Crippen LogP contribution in [0, 0.1) is 29.4 Å². The smallest absolute Gasteiger partial charge is 0.387 e. The van der Waals surface area contributed by atoms with Gasteiger partial charge in [-0.3, -0.25) is 0 Å². The number of benzene rings is 2. The van der Waals surface area contributed by atoms with Crippen LogP contribution in [0.25, 0.3) is 10.8 Å². The second-order valence-corrected chi connectivity index (χ2v) is 10.3. The van der Waals surface area contributed by atoms with Crippen molar-refractivity contribution in [2.45, 2.75) is 96.5 Å². The number of fused-ring (bicyclic) bond motifs is 2. The highest BCUT2D eigenvalue weighted by atomic mass is 19.3. The summed E-state index contributed by atoms with van der Waals surface area (Å²) in [4.78, 5) is 0. The predicted molar refractivity (Wildman–Crippen MR) is 125 cm³/mol. The Hall–Kier alpha value is -1.78. The third-order valence-corrected chi connectivity index (χ3v) is 8.10. The Bertz CT molecular complexity index is 928. The quantitative estimate of drug-likeness (QED) is 0.265. The molecule has 2 aromatic rings. The van der Waals surface area contributed by atoms with Crippen LogP contribution in [-0.2, 0) is 0 Å². The highest BCUT2D eigenvalue weighted by molar-refractivity contribution is 5.85. The van der Waals surface area contributed by atoms with E-state index in [4.69, 9.17) is 0 Å². The van der Waals surface area contributed by atoms with Gasteiger partial charge in [0.2, 0.25) is 0 Å². The second-order valence-electron chi connectivity index (χ2n) is 10.3. The molecule has 1 nitrogen and oxygen atoms in total. The lowest BCUT2D eigenvalue weighted by molar-refractivity contribution is -0.0520. The molecule has 0 N–H and O–H groups in total. The van der Waals surface area contributed by atoms with E-state index < -0.39 is 24.0 Å². The second kappa shape index (κ2) is 11.1. The lowest BCUT2D eigenvalue weighted by atomic mass is 9.63. The zero-order valence-electron chi connectivity index (χ0n) is 19.6. The van der Waals surface area contributed by atoms with Gasteiger partial charge in [-0.2, -0.15) is 8.78 Å². The largest absolute Gasteiger partial charge is 0.432 e. The van der Waals surface area contributed by atoms with Crippen molar-refractivity contribution < 1.29 is 22.3 Å². The van der Waals surface area contributed by atoms with Crippen LogP contribution in [0.2, 0.25) is 0 Å². The van der Waals surface area contributed by atoms with E-state index in [9.17, 15) is 17.6 Å². The van der Waals surface area contributed by atoms with Crippen LogP contribution in [0.1, 0.15) is 95.5 Å². The van der Waals surface area contributed by atoms with E-state index >= 15 is 0 Å². The molecule has 2 aliphatic carbocycles. The topological polar surface area (TPSA) is 9.23 Å². The molecule has 2 aromatic carbocycles. The van der Waals surface area contributed by atoms with Gasteiger partial charge in [0.05, 0.1) is 0 Å². The van der Waals surface area contributed by atoms with Crippen molar-refractivity contribution in [1.82, 2.24) is 0 Å². The van der Waals surface area contributed by atoms with Crippen LogP contribution in [0.3, 0.4) is 0 Å². The summed E-state index contributed by atoms with van der Waals surface area (Å²) in [6.45, 7) is -0.894. The molecule has 2 fully saturated rings. The van der Waals surface area contributed by atoms with E-state index in [1.54, 1.807) is 0 Å². The van der Waals surface area contributed by atoms with Gasteiger partial charge in [-0.25, -0.2) is 8.78 Å². The van der Waals surface area contributed by atoms with Gasteiger partial charge < -0.3 is 4.74 Å². The number of hydrogen-bond donors (Lipinski definition) is 0. The fourth-order valence-electron chi connectivity index (χ4n) is 6.35. The maximum absolute atomic E-state index is 14.9. The average molecular weight is 465 g/mol. The molecule has 0 amide bonds. The number of alkyl halides is 2. The summed E-state index contributed by atoms with van der Waals surface area (Å²) in [6, 6.07) is 5.49. The average Bonchev–Trinajstić information content (AvgIpc) is 2.79. The van der Waals surface area contributed by atoms with Crippen LogP contribution in [-0.4, -0.2) is 6.61 Å². The van der Waals surface area contributed by atoms with Gasteiger partial charge in [0.25, 0.3) is 0 Å². The zero-order chi connectivity index (χ0) is 23.4. The standard InChI is InChI=1S/C28H36F4O/c1-2-3-4-5-6-7-18-8-9-20-13-21(11-10-19(20)12-18)22-14-23-16-26(30)27(33-28(31)32)17-24(23)25(29)15-22/h14-21,28H,2-13H2,1H3. The van der Waals surface area contributed by atoms with Gasteiger partial charge in [-0.1, -0.05) is 57.9 Å². The van der Waals surface area contributed by atoms with E-state index in [0.717, 1.165) is 42.4 Å². The lowest BCUT2D eigenvalue weighted by Gasteiger charge is -2.42. The number of halogens is 4. The predicted octanol–water partition coefficient (Wildman–Crippen LogP) is 9.38. The van der Waals surface area contributed by atoms with E-state index in [1.165, 1.54) is 70.3 Å². The van der Waals surface area contributed by atoms with Crippen molar-refractivity contribution in [3.05, 3.63) is 41.5 Å². The highest BCUT2D eigenvalue weighted by Crippen LogP contribution is 2.49. The Morgan fingerprint density at radius 3 is 2.39 bits per heavy atom. The molecular weight excluding hydrogens is 428 g/mol. The van der Waals surface area contributed by atoms with Crippen LogP contribution in [0.5, 0.6) is 5.75 Å². The first-order valence-corrected chi connectivity index (χ1v) is 12.8. The number of ether oxygens (including phenoxy) is 1. The molecule has 2 saturated carbocycles. The SMILES string of the molecule is CCCCCCCC1CCC2CC(c3cc(F)c4cc(OC(F)F)c(F)cc4c3)CCC2C1. The Kier molecular flexibility index (Phi) is 8.19. The van der Waals surface area contributed by atoms with Gasteiger partial charge >= 0.3 is 6.61 Å². The van der Waals surface area contributed by atoms with E-state index in [-0.39, 0.29) is 11.3 Å². The summed E-state index contributed by atoms with van der Waals surface area (Å²) >= 11 is 0. The van der Waals surface area contributed by atoms with Crippen LogP contribution in [0.15, 0.2) is 24.3 Å². The van der Waals surface area contributed by atoms with Crippen molar-refractivity contribution >= 4 is 10.8 Å². The maximum atomic E-state index is 14.9. The Balaban J connectivity index is 1.39. The molecule has 0 radical (unpaired) electrons. The summed E-state index contributed by atoms with van der Waals surface area (Å²) in [5.41, 5.74) is 0.901. The van der Waals surface area contributed by atoms with E-state index in [0.29, 0.717) is 11.3 Å². The molecular formula is C28H36F4O. The molecule has 4 atom stereocenters. The molecule has 4 rings (SSSR count). The lowest BCUT2D eigenvalue weighted by Crippen LogP contribution is -2.30. The molecule has 182 valence electrons. The summed E-state index contributed by atoms with van der Waals surface area (Å²) in [5, 5.41) is 0.516. The minimum atomic E-state index is -3.15. The molecule has 5 heteroatoms. The minimum absolute atomic E-state index is 0.115. The third kappa shape index (κ3) is 6.02. The van der Waals surface area contributed by atoms with Crippen molar-refractivity contribution in [2.75, 3.05) is 0 Å². The number of rotatable bonds is 9. The fourth-order valence-corrected chi connectivity index (χ4v) is 6.35. The molecule has 0 saturated heterocycles. The first-order valence-electron chi connectivity index (χ1n) is 12.8. The van der Waals surface area contributed by atoms with Crippen LogP contribution in [0.4, 0.5) is 17.6 Å². The molecule has 2 aliphatic rings. The highest BCUT2D eigenvalue weighted by Gasteiger charge is 2.36. The molecule has 0 heterocycles. The first-order chi connectivity index (χ1) is 15.9. The molecule has 4 unspecified atom stereocenters. The van der Waals surface area contributed by atoms with Crippen molar-refractivity contribution in [2.24, 2.45) is 17.8 Å². The zero-order valence-corrected chi connectivity index (χ0v) is 19.6. The van der Waals surface area contributed by atoms with E-state index in [2.05, 4.69) is 11.7 Å². The third-order valence-electron chi connectivity index (χ3n) is 8.10. The molecule has 0 bridgehead atoms. The van der Waals surface area contributed by atoms with Gasteiger partial charge in [0.15, 0.2) is 11.6 Å². The summed E-state index contributed by atoms with van der Waals surface area (Å²) in [7, 11) is 0. The van der Waals surface area contributed by atoms with Gasteiger partial charge in [0.1, 0.15) is 5.82 Å². The van der Waals surface area contributed by atoms with Crippen molar-refractivity contribution in [1.29, 1.82) is 0 Å². The summed E-state index contributed by atoms with van der Waals surface area (Å²) < 4.78 is 58.2. The molecule has 0 aliphatic heterocycles. The maximum Gasteiger partial charge on any atom is 0.387 e. The van der Waals surface area contributed by atoms with Crippen LogP contribution < -0.4 is 4.74 Å². The van der Waals surface area contributed by atoms with Gasteiger partial charge in [-0.05, 0) is 84.9 Å². The van der Waals surface area contributed by atoms with Gasteiger partial charge in [-0.15, -0.1) is 0 Å². The normalized spacial score (nSPS) is 25.4. The Morgan fingerprint density at radius 1 is 0.848 bits per heavy atom.